The highest BCUT2D eigenvalue weighted by Gasteiger charge is 2.67. The van der Waals surface area contributed by atoms with Gasteiger partial charge in [0.2, 0.25) is 0 Å². The zero-order valence-corrected chi connectivity index (χ0v) is 29.1. The van der Waals surface area contributed by atoms with E-state index in [-0.39, 0.29) is 0 Å². The summed E-state index contributed by atoms with van der Waals surface area (Å²) in [6.45, 7) is 0. The Kier molecular flexibility index (Phi) is 6.97. The highest BCUT2D eigenvalue weighted by molar-refractivity contribution is 5.56. The molecule has 0 nitrogen and oxygen atoms in total. The summed E-state index contributed by atoms with van der Waals surface area (Å²) in [5.41, 5.74) is 10.4. The Labute approximate surface area is 290 Å². The van der Waals surface area contributed by atoms with Crippen LogP contribution in [0.25, 0.3) is 0 Å². The quantitative estimate of drug-likeness (QED) is 0.311. The van der Waals surface area contributed by atoms with Gasteiger partial charge in [-0.3, -0.25) is 0 Å². The molecule has 0 aliphatic heterocycles. The predicted molar refractivity (Wildman–Crippen MR) is 198 cm³/mol. The first-order chi connectivity index (χ1) is 23.8. The molecule has 5 saturated carbocycles. The van der Waals surface area contributed by atoms with Gasteiger partial charge in [0, 0.05) is 0 Å². The molecule has 0 N–H and O–H groups in total. The van der Waals surface area contributed by atoms with Gasteiger partial charge in [0.25, 0.3) is 0 Å². The van der Waals surface area contributed by atoms with Crippen LogP contribution in [0.4, 0.5) is 0 Å². The van der Waals surface area contributed by atoms with Crippen LogP contribution >= 0.6 is 0 Å². The van der Waals surface area contributed by atoms with Crippen molar-refractivity contribution >= 4 is 0 Å². The van der Waals surface area contributed by atoms with E-state index in [0.717, 1.165) is 76.9 Å². The minimum atomic E-state index is 0.702. The lowest BCUT2D eigenvalue weighted by atomic mass is 9.44. The Morgan fingerprint density at radius 2 is 1.29 bits per heavy atom. The molecule has 1 aromatic rings. The van der Waals surface area contributed by atoms with Gasteiger partial charge in [0.1, 0.15) is 0 Å². The minimum absolute atomic E-state index is 0.702. The minimum Gasteiger partial charge on any atom is -0.0842 e. The van der Waals surface area contributed by atoms with Crippen molar-refractivity contribution in [2.24, 2.45) is 76.9 Å². The number of rotatable bonds is 3. The van der Waals surface area contributed by atoms with Crippen molar-refractivity contribution in [2.45, 2.75) is 95.8 Å². The van der Waals surface area contributed by atoms with E-state index in [2.05, 4.69) is 85.0 Å². The first kappa shape index (κ1) is 29.2. The maximum absolute atomic E-state index is 2.81. The van der Waals surface area contributed by atoms with E-state index in [0.29, 0.717) is 5.92 Å². The van der Waals surface area contributed by atoms with Gasteiger partial charge in [-0.15, -0.1) is 0 Å². The molecule has 248 valence electrons. The van der Waals surface area contributed by atoms with Crippen LogP contribution in [0.3, 0.4) is 0 Å². The molecule has 10 aliphatic carbocycles. The van der Waals surface area contributed by atoms with Crippen LogP contribution in [0, 0.1) is 76.9 Å². The Morgan fingerprint density at radius 3 is 2.15 bits per heavy atom. The molecule has 0 aromatic heterocycles. The molecule has 0 amide bonds. The molecule has 0 heterocycles. The van der Waals surface area contributed by atoms with E-state index in [9.17, 15) is 0 Å². The zero-order valence-electron chi connectivity index (χ0n) is 29.1. The summed E-state index contributed by atoms with van der Waals surface area (Å²) in [5.74, 6) is 12.3. The first-order valence-corrected chi connectivity index (χ1v) is 20.7. The second kappa shape index (κ2) is 11.5. The molecule has 0 spiro atoms. The maximum atomic E-state index is 2.81. The Bertz CT molecular complexity index is 1670. The predicted octanol–water partition coefficient (Wildman–Crippen LogP) is 12.1. The van der Waals surface area contributed by atoms with Crippen molar-refractivity contribution in [3.05, 3.63) is 118 Å². The fourth-order valence-corrected chi connectivity index (χ4v) is 15.4. The fourth-order valence-electron chi connectivity index (χ4n) is 15.4. The Morgan fingerprint density at radius 1 is 0.500 bits per heavy atom. The van der Waals surface area contributed by atoms with E-state index < -0.39 is 0 Å². The van der Waals surface area contributed by atoms with Gasteiger partial charge in [-0.1, -0.05) is 85.0 Å². The molecule has 48 heavy (non-hydrogen) atoms. The van der Waals surface area contributed by atoms with Crippen molar-refractivity contribution in [1.29, 1.82) is 0 Å². The van der Waals surface area contributed by atoms with Crippen LogP contribution in [0.15, 0.2) is 113 Å². The molecule has 1 aromatic carbocycles. The third-order valence-corrected chi connectivity index (χ3v) is 16.6. The maximum Gasteiger partial charge on any atom is -0.00590 e. The average Bonchev–Trinajstić information content (AvgIpc) is 3.47. The van der Waals surface area contributed by atoms with Gasteiger partial charge < -0.3 is 0 Å². The molecule has 5 fully saturated rings. The normalized spacial score (nSPS) is 46.5. The van der Waals surface area contributed by atoms with Crippen LogP contribution in [-0.2, 0) is 0 Å². The number of hydrogen-bond donors (Lipinski definition) is 0. The summed E-state index contributed by atoms with van der Waals surface area (Å²) in [7, 11) is 0. The van der Waals surface area contributed by atoms with Gasteiger partial charge in [0.05, 0.1) is 0 Å². The van der Waals surface area contributed by atoms with Crippen molar-refractivity contribution in [3.63, 3.8) is 0 Å². The second-order valence-corrected chi connectivity index (χ2v) is 18.3. The van der Waals surface area contributed by atoms with E-state index >= 15 is 0 Å². The van der Waals surface area contributed by atoms with E-state index in [4.69, 9.17) is 0 Å². The lowest BCUT2D eigenvalue weighted by Crippen LogP contribution is -2.54. The topological polar surface area (TPSA) is 0 Å². The molecule has 0 bridgehead atoms. The number of benzene rings is 1. The summed E-state index contributed by atoms with van der Waals surface area (Å²) < 4.78 is 0. The fraction of sp³-hybridized carbons (Fsp3) is 0.583. The average molecular weight is 633 g/mol. The molecule has 10 aliphatic rings. The molecule has 0 heteroatoms. The summed E-state index contributed by atoms with van der Waals surface area (Å²) in [6, 6.07) is 11.8. The third-order valence-electron chi connectivity index (χ3n) is 16.6. The van der Waals surface area contributed by atoms with Gasteiger partial charge in [-0.05, 0) is 206 Å². The SMILES string of the molecule is C1=CC(C2=C3C=C4C=CCCC4CC3C(C3=CCCC=C3)C3C4CCC5CCC6CC(c7ccccc7)CC7CC(C23)C4C5C67)=CCC1. The molecule has 11 rings (SSSR count). The second-order valence-electron chi connectivity index (χ2n) is 18.3. The van der Waals surface area contributed by atoms with Crippen molar-refractivity contribution in [1.82, 2.24) is 0 Å². The summed E-state index contributed by atoms with van der Waals surface area (Å²) in [6.07, 6.45) is 43.1. The van der Waals surface area contributed by atoms with E-state index in [1.807, 2.05) is 5.57 Å². The number of fused-ring (bicyclic) bond motifs is 5. The lowest BCUT2D eigenvalue weighted by Gasteiger charge is -2.61. The Balaban J connectivity index is 1.09. The van der Waals surface area contributed by atoms with Crippen LogP contribution in [-0.4, -0.2) is 0 Å². The van der Waals surface area contributed by atoms with Crippen molar-refractivity contribution < 1.29 is 0 Å². The zero-order chi connectivity index (χ0) is 31.3. The third kappa shape index (κ3) is 4.32. The summed E-state index contributed by atoms with van der Waals surface area (Å²) in [5, 5.41) is 0. The molecule has 0 saturated heterocycles. The van der Waals surface area contributed by atoms with Crippen molar-refractivity contribution in [3.8, 4) is 0 Å². The monoisotopic (exact) mass is 632 g/mol. The van der Waals surface area contributed by atoms with Gasteiger partial charge in [0.15, 0.2) is 0 Å². The van der Waals surface area contributed by atoms with Crippen LogP contribution in [0.2, 0.25) is 0 Å². The molecule has 14 unspecified atom stereocenters. The molecular weight excluding hydrogens is 577 g/mol. The standard InChI is InChI=1S/C48H56/c1-4-12-29(13-5-1)36-24-35-21-20-32-22-23-38-46-41(28-37(25-36)42(35)45(32)46)48-44(31-16-8-3-9-17-31)40-27-34-19-11-10-18-33(34)26-39(40)43(47(38)48)30-14-6-2-7-15-30/h1,4-6,8,11-17,19,27,32-33,35-39,41-43,45-48H,2-3,7,9-10,18,20-26,28H2. The highest BCUT2D eigenvalue weighted by Crippen LogP contribution is 2.74. The molecule has 14 atom stereocenters. The van der Waals surface area contributed by atoms with Crippen LogP contribution in [0.1, 0.15) is 101 Å². The summed E-state index contributed by atoms with van der Waals surface area (Å²) >= 11 is 0. The van der Waals surface area contributed by atoms with Gasteiger partial charge in [-0.2, -0.15) is 0 Å². The smallest absolute Gasteiger partial charge is 0.00590 e. The first-order valence-electron chi connectivity index (χ1n) is 20.7. The van der Waals surface area contributed by atoms with Gasteiger partial charge in [-0.25, -0.2) is 0 Å². The van der Waals surface area contributed by atoms with Crippen molar-refractivity contribution in [2.75, 3.05) is 0 Å². The number of allylic oxidation sites excluding steroid dienone is 14. The Hall–Kier alpha value is -2.60. The number of hydrogen-bond acceptors (Lipinski definition) is 0. The highest BCUT2D eigenvalue weighted by atomic mass is 14.7. The summed E-state index contributed by atoms with van der Waals surface area (Å²) in [4.78, 5) is 0. The molecular formula is C48H56. The van der Waals surface area contributed by atoms with Crippen LogP contribution in [0.5, 0.6) is 0 Å². The molecule has 0 radical (unpaired) electrons. The van der Waals surface area contributed by atoms with E-state index in [1.54, 1.807) is 27.9 Å². The largest absolute Gasteiger partial charge is 0.0842 e. The van der Waals surface area contributed by atoms with Crippen LogP contribution < -0.4 is 0 Å². The lowest BCUT2D eigenvalue weighted by molar-refractivity contribution is -0.113. The van der Waals surface area contributed by atoms with Gasteiger partial charge >= 0.3 is 0 Å². The van der Waals surface area contributed by atoms with E-state index in [1.165, 1.54) is 89.9 Å².